The molecular formula is C19H36N4. The maximum absolute atomic E-state index is 5.38. The maximum atomic E-state index is 5.38. The normalized spacial score (nSPS) is 11.9. The molecule has 4 N–H and O–H groups in total. The predicted molar refractivity (Wildman–Crippen MR) is 105 cm³/mol. The lowest BCUT2D eigenvalue weighted by Crippen LogP contribution is -2.34. The van der Waals surface area contributed by atoms with E-state index >= 15 is 0 Å². The molecule has 0 aliphatic rings. The molecule has 0 amide bonds. The van der Waals surface area contributed by atoms with Crippen molar-refractivity contribution in [1.29, 1.82) is 0 Å². The van der Waals surface area contributed by atoms with Crippen LogP contribution in [0.2, 0.25) is 0 Å². The van der Waals surface area contributed by atoms with Crippen LogP contribution in [0.4, 0.5) is 0 Å². The number of hydrogen-bond donors (Lipinski definition) is 3. The predicted octanol–water partition coefficient (Wildman–Crippen LogP) is 3.15. The second kappa shape index (κ2) is 16.4. The molecule has 0 saturated carbocycles. The molecule has 0 fully saturated rings. The van der Waals surface area contributed by atoms with Crippen molar-refractivity contribution in [3.8, 4) is 0 Å². The summed E-state index contributed by atoms with van der Waals surface area (Å²) < 4.78 is 0. The second-order valence-corrected chi connectivity index (χ2v) is 4.69. The fourth-order valence-corrected chi connectivity index (χ4v) is 1.78. The van der Waals surface area contributed by atoms with Crippen LogP contribution in [0.25, 0.3) is 0 Å². The Bertz CT molecular complexity index is 406. The van der Waals surface area contributed by atoms with Crippen LogP contribution in [0.15, 0.2) is 60.6 Å². The minimum absolute atomic E-state index is 0.867. The van der Waals surface area contributed by atoms with Gasteiger partial charge in [-0.15, -0.1) is 0 Å². The molecule has 0 aromatic heterocycles. The van der Waals surface area contributed by atoms with E-state index in [2.05, 4.69) is 35.7 Å². The van der Waals surface area contributed by atoms with Gasteiger partial charge in [-0.25, -0.2) is 0 Å². The Kier molecular flexibility index (Phi) is 16.7. The van der Waals surface area contributed by atoms with Gasteiger partial charge in [-0.2, -0.15) is 0 Å². The Hall–Kier alpha value is -1.94. The van der Waals surface area contributed by atoms with Crippen molar-refractivity contribution in [2.24, 2.45) is 5.73 Å². The van der Waals surface area contributed by atoms with Gasteiger partial charge >= 0.3 is 0 Å². The summed E-state index contributed by atoms with van der Waals surface area (Å²) in [5.41, 5.74) is 8.37. The van der Waals surface area contributed by atoms with E-state index in [0.29, 0.717) is 0 Å². The summed E-state index contributed by atoms with van der Waals surface area (Å²) in [7, 11) is 2.11. The monoisotopic (exact) mass is 320 g/mol. The van der Waals surface area contributed by atoms with Crippen molar-refractivity contribution in [3.63, 3.8) is 0 Å². The summed E-state index contributed by atoms with van der Waals surface area (Å²) in [5.74, 6) is 0. The van der Waals surface area contributed by atoms with Crippen LogP contribution in [0.3, 0.4) is 0 Å². The third-order valence-corrected chi connectivity index (χ3v) is 3.09. The van der Waals surface area contributed by atoms with E-state index < -0.39 is 0 Å². The van der Waals surface area contributed by atoms with Gasteiger partial charge in [0.25, 0.3) is 0 Å². The van der Waals surface area contributed by atoms with Crippen molar-refractivity contribution < 1.29 is 0 Å². The maximum Gasteiger partial charge on any atom is 0.0365 e. The third kappa shape index (κ3) is 12.3. The molecule has 23 heavy (non-hydrogen) atoms. The summed E-state index contributed by atoms with van der Waals surface area (Å²) >= 11 is 0. The van der Waals surface area contributed by atoms with Crippen LogP contribution in [-0.4, -0.2) is 38.1 Å². The Balaban J connectivity index is 0. The quantitative estimate of drug-likeness (QED) is 0.512. The van der Waals surface area contributed by atoms with E-state index in [-0.39, 0.29) is 0 Å². The zero-order valence-electron chi connectivity index (χ0n) is 15.7. The van der Waals surface area contributed by atoms with Gasteiger partial charge in [-0.1, -0.05) is 39.2 Å². The second-order valence-electron chi connectivity index (χ2n) is 4.69. The molecule has 0 saturated heterocycles. The number of rotatable bonds is 11. The van der Waals surface area contributed by atoms with Crippen molar-refractivity contribution >= 4 is 0 Å². The number of allylic oxidation sites excluding steroid dienone is 4. The highest BCUT2D eigenvalue weighted by molar-refractivity contribution is 5.35. The van der Waals surface area contributed by atoms with E-state index in [1.54, 1.807) is 6.08 Å². The van der Waals surface area contributed by atoms with E-state index in [0.717, 1.165) is 43.1 Å². The molecule has 0 aromatic rings. The van der Waals surface area contributed by atoms with Gasteiger partial charge in [0.05, 0.1) is 0 Å². The molecule has 0 spiro atoms. The minimum atomic E-state index is 0.867. The number of nitrogens with zero attached hydrogens (tertiary/aromatic N) is 1. The van der Waals surface area contributed by atoms with E-state index in [1.165, 1.54) is 6.20 Å². The van der Waals surface area contributed by atoms with Gasteiger partial charge in [0.2, 0.25) is 0 Å². The van der Waals surface area contributed by atoms with E-state index in [4.69, 9.17) is 5.73 Å². The summed E-state index contributed by atoms with van der Waals surface area (Å²) in [6.45, 7) is 19.4. The van der Waals surface area contributed by atoms with Crippen LogP contribution >= 0.6 is 0 Å². The fourth-order valence-electron chi connectivity index (χ4n) is 1.78. The van der Waals surface area contributed by atoms with Gasteiger partial charge in [-0.05, 0) is 44.8 Å². The lowest BCUT2D eigenvalue weighted by molar-refractivity contribution is 0.338. The first-order chi connectivity index (χ1) is 11.1. The summed E-state index contributed by atoms with van der Waals surface area (Å²) in [6.07, 6.45) is 9.15. The Morgan fingerprint density at radius 2 is 1.65 bits per heavy atom. The fraction of sp³-hybridized carbons (Fsp3) is 0.474. The number of nitrogens with two attached hydrogens (primary N) is 1. The molecular weight excluding hydrogens is 284 g/mol. The van der Waals surface area contributed by atoms with E-state index in [1.807, 2.05) is 45.9 Å². The molecule has 0 bridgehead atoms. The number of nitrogens with one attached hydrogen (secondary N) is 2. The van der Waals surface area contributed by atoms with Gasteiger partial charge in [0, 0.05) is 37.6 Å². The number of hydrogen-bond acceptors (Lipinski definition) is 4. The topological polar surface area (TPSA) is 53.3 Å². The van der Waals surface area contributed by atoms with Crippen LogP contribution in [0, 0.1) is 0 Å². The average Bonchev–Trinajstić information content (AvgIpc) is 2.57. The largest absolute Gasteiger partial charge is 0.405 e. The SMILES string of the molecule is C=C/C(=C\C)NCCN(C)CCN/C(=C/C)C(=C)/C=C\N.CC. The van der Waals surface area contributed by atoms with Gasteiger partial charge in [0.1, 0.15) is 0 Å². The third-order valence-electron chi connectivity index (χ3n) is 3.09. The summed E-state index contributed by atoms with van der Waals surface area (Å²) in [6, 6.07) is 0. The first-order valence-electron chi connectivity index (χ1n) is 8.27. The first-order valence-corrected chi connectivity index (χ1v) is 8.27. The van der Waals surface area contributed by atoms with Crippen LogP contribution < -0.4 is 16.4 Å². The molecule has 132 valence electrons. The molecule has 0 heterocycles. The molecule has 0 aromatic carbocycles. The Labute approximate surface area is 143 Å². The van der Waals surface area contributed by atoms with Crippen molar-refractivity contribution in [1.82, 2.24) is 15.5 Å². The van der Waals surface area contributed by atoms with Crippen molar-refractivity contribution in [3.05, 3.63) is 60.6 Å². The summed E-state index contributed by atoms with van der Waals surface area (Å²) in [4.78, 5) is 2.27. The zero-order chi connectivity index (χ0) is 18.1. The number of likely N-dealkylation sites (N-methyl/N-ethyl adjacent to an activating group) is 1. The highest BCUT2D eigenvalue weighted by Crippen LogP contribution is 2.04. The van der Waals surface area contributed by atoms with Gasteiger partial charge in [0.15, 0.2) is 0 Å². The van der Waals surface area contributed by atoms with E-state index in [9.17, 15) is 0 Å². The zero-order valence-corrected chi connectivity index (χ0v) is 15.7. The molecule has 0 radical (unpaired) electrons. The first kappa shape index (κ1) is 23.3. The molecule has 0 aliphatic carbocycles. The van der Waals surface area contributed by atoms with Gasteiger partial charge in [-0.3, -0.25) is 0 Å². The van der Waals surface area contributed by atoms with Gasteiger partial charge < -0.3 is 21.3 Å². The van der Waals surface area contributed by atoms with Crippen molar-refractivity contribution in [2.45, 2.75) is 27.7 Å². The van der Waals surface area contributed by atoms with Crippen LogP contribution in [-0.2, 0) is 0 Å². The minimum Gasteiger partial charge on any atom is -0.405 e. The van der Waals surface area contributed by atoms with Crippen molar-refractivity contribution in [2.75, 3.05) is 33.2 Å². The Morgan fingerprint density at radius 3 is 2.09 bits per heavy atom. The lowest BCUT2D eigenvalue weighted by atomic mass is 10.2. The molecule has 0 unspecified atom stereocenters. The smallest absolute Gasteiger partial charge is 0.0365 e. The molecule has 4 heteroatoms. The molecule has 0 aliphatic heterocycles. The molecule has 4 nitrogen and oxygen atoms in total. The molecule has 0 rings (SSSR count). The average molecular weight is 321 g/mol. The van der Waals surface area contributed by atoms with Crippen LogP contribution in [0.1, 0.15) is 27.7 Å². The lowest BCUT2D eigenvalue weighted by Gasteiger charge is -2.19. The molecule has 0 atom stereocenters. The standard InChI is InChI=1S/C17H30N4.C2H6/c1-6-16(7-2)19-11-13-21(5)14-12-20-17(8-3)15(4)9-10-18;1-2/h6-10,19-20H,1,4,11-14,18H2,2-3,5H3;1-2H3/b10-9-,16-7+,17-8+;. The summed E-state index contributed by atoms with van der Waals surface area (Å²) in [5, 5.41) is 6.70. The Morgan fingerprint density at radius 1 is 1.09 bits per heavy atom. The van der Waals surface area contributed by atoms with Crippen LogP contribution in [0.5, 0.6) is 0 Å². The highest BCUT2D eigenvalue weighted by Gasteiger charge is 2.01. The highest BCUT2D eigenvalue weighted by atomic mass is 15.1.